The van der Waals surface area contributed by atoms with Crippen LogP contribution >= 0.6 is 11.6 Å². The summed E-state index contributed by atoms with van der Waals surface area (Å²) >= 11 is 5.76. The zero-order valence-electron chi connectivity index (χ0n) is 11.8. The van der Waals surface area contributed by atoms with E-state index in [2.05, 4.69) is 15.4 Å². The van der Waals surface area contributed by atoms with E-state index >= 15 is 0 Å². The first-order valence-electron chi connectivity index (χ1n) is 6.30. The van der Waals surface area contributed by atoms with Crippen LogP contribution in [-0.4, -0.2) is 31.6 Å². The van der Waals surface area contributed by atoms with Crippen molar-refractivity contribution < 1.29 is 14.3 Å². The topological polar surface area (TPSA) is 67.4 Å². The molecule has 1 atom stereocenters. The van der Waals surface area contributed by atoms with Crippen LogP contribution in [-0.2, 0) is 14.3 Å². The summed E-state index contributed by atoms with van der Waals surface area (Å²) in [5, 5.41) is 6.20. The van der Waals surface area contributed by atoms with Crippen LogP contribution in [0.5, 0.6) is 0 Å². The summed E-state index contributed by atoms with van der Waals surface area (Å²) in [6, 6.07) is 6.29. The maximum Gasteiger partial charge on any atom is 0.323 e. The first-order chi connectivity index (χ1) is 9.43. The number of hydrogen-bond donors (Lipinski definition) is 2. The molecule has 0 aliphatic rings. The summed E-state index contributed by atoms with van der Waals surface area (Å²) < 4.78 is 4.69. The number of nitrogens with one attached hydrogen (secondary N) is 2. The van der Waals surface area contributed by atoms with Crippen LogP contribution in [0.15, 0.2) is 24.3 Å². The molecule has 0 heterocycles. The highest BCUT2D eigenvalue weighted by Gasteiger charge is 2.22. The molecule has 5 nitrogen and oxygen atoms in total. The summed E-state index contributed by atoms with van der Waals surface area (Å²) in [7, 11) is 1.33. The van der Waals surface area contributed by atoms with Crippen LogP contribution in [0.1, 0.15) is 13.8 Å². The highest BCUT2D eigenvalue weighted by atomic mass is 35.5. The Morgan fingerprint density at radius 3 is 2.35 bits per heavy atom. The highest BCUT2D eigenvalue weighted by molar-refractivity contribution is 6.30. The van der Waals surface area contributed by atoms with Crippen molar-refractivity contribution in [3.63, 3.8) is 0 Å². The number of methoxy groups -OCH3 is 1. The van der Waals surface area contributed by atoms with E-state index in [0.717, 1.165) is 0 Å². The van der Waals surface area contributed by atoms with Crippen molar-refractivity contribution in [2.75, 3.05) is 19.0 Å². The molecule has 1 amide bonds. The van der Waals surface area contributed by atoms with Gasteiger partial charge in [0.25, 0.3) is 0 Å². The van der Waals surface area contributed by atoms with Gasteiger partial charge in [0.1, 0.15) is 6.04 Å². The number of amides is 1. The van der Waals surface area contributed by atoms with E-state index in [-0.39, 0.29) is 24.3 Å². The monoisotopic (exact) mass is 298 g/mol. The van der Waals surface area contributed by atoms with Crippen molar-refractivity contribution in [1.82, 2.24) is 5.32 Å². The Hall–Kier alpha value is -1.59. The Bertz CT molecular complexity index is 460. The molecule has 2 N–H and O–H groups in total. The van der Waals surface area contributed by atoms with Gasteiger partial charge in [-0.2, -0.15) is 0 Å². The third-order valence-electron chi connectivity index (χ3n) is 2.73. The predicted molar refractivity (Wildman–Crippen MR) is 78.7 cm³/mol. The van der Waals surface area contributed by atoms with Crippen LogP contribution in [0.3, 0.4) is 0 Å². The molecule has 0 saturated heterocycles. The fourth-order valence-electron chi connectivity index (χ4n) is 1.66. The SMILES string of the molecule is COC(=O)C(NCC(=O)Nc1ccc(Cl)cc1)C(C)C. The predicted octanol–water partition coefficient (Wildman–Crippen LogP) is 2.07. The average Bonchev–Trinajstić information content (AvgIpc) is 2.41. The Labute approximate surface area is 123 Å². The van der Waals surface area contributed by atoms with Crippen molar-refractivity contribution in [2.45, 2.75) is 19.9 Å². The lowest BCUT2D eigenvalue weighted by Gasteiger charge is -2.19. The Kier molecular flexibility index (Phi) is 6.48. The zero-order valence-corrected chi connectivity index (χ0v) is 12.5. The standard InChI is InChI=1S/C14H19ClN2O3/c1-9(2)13(14(19)20-3)16-8-12(18)17-11-6-4-10(15)5-7-11/h4-7,9,13,16H,8H2,1-3H3,(H,17,18). The lowest BCUT2D eigenvalue weighted by Crippen LogP contribution is -2.45. The maximum atomic E-state index is 11.8. The molecular formula is C14H19ClN2O3. The minimum absolute atomic E-state index is 0.0283. The molecule has 0 aliphatic carbocycles. The van der Waals surface area contributed by atoms with Gasteiger partial charge in [-0.25, -0.2) is 0 Å². The molecule has 1 aromatic carbocycles. The van der Waals surface area contributed by atoms with Crippen molar-refractivity contribution in [3.05, 3.63) is 29.3 Å². The van der Waals surface area contributed by atoms with Crippen molar-refractivity contribution in [2.24, 2.45) is 5.92 Å². The van der Waals surface area contributed by atoms with Gasteiger partial charge in [-0.05, 0) is 30.2 Å². The highest BCUT2D eigenvalue weighted by Crippen LogP contribution is 2.13. The number of rotatable bonds is 6. The Morgan fingerprint density at radius 2 is 1.85 bits per heavy atom. The van der Waals surface area contributed by atoms with E-state index in [9.17, 15) is 9.59 Å². The van der Waals surface area contributed by atoms with Gasteiger partial charge >= 0.3 is 5.97 Å². The second kappa shape index (κ2) is 7.87. The maximum absolute atomic E-state index is 11.8. The van der Waals surface area contributed by atoms with Crippen molar-refractivity contribution in [3.8, 4) is 0 Å². The number of benzene rings is 1. The number of esters is 1. The normalized spacial score (nSPS) is 12.1. The zero-order chi connectivity index (χ0) is 15.1. The van der Waals surface area contributed by atoms with Gasteiger partial charge in [0.05, 0.1) is 13.7 Å². The summed E-state index contributed by atoms with van der Waals surface area (Å²) in [4.78, 5) is 23.3. The summed E-state index contributed by atoms with van der Waals surface area (Å²) in [5.74, 6) is -0.577. The molecule has 20 heavy (non-hydrogen) atoms. The van der Waals surface area contributed by atoms with E-state index in [1.54, 1.807) is 24.3 Å². The van der Waals surface area contributed by atoms with E-state index in [0.29, 0.717) is 10.7 Å². The first kappa shape index (κ1) is 16.5. The average molecular weight is 299 g/mol. The van der Waals surface area contributed by atoms with Crippen molar-refractivity contribution >= 4 is 29.2 Å². The molecule has 1 aromatic rings. The van der Waals surface area contributed by atoms with E-state index in [4.69, 9.17) is 11.6 Å². The summed E-state index contributed by atoms with van der Waals surface area (Å²) in [6.45, 7) is 3.79. The van der Waals surface area contributed by atoms with Crippen LogP contribution in [0.4, 0.5) is 5.69 Å². The number of ether oxygens (including phenoxy) is 1. The van der Waals surface area contributed by atoms with Crippen molar-refractivity contribution in [1.29, 1.82) is 0 Å². The van der Waals surface area contributed by atoms with E-state index in [1.165, 1.54) is 7.11 Å². The molecular weight excluding hydrogens is 280 g/mol. The Morgan fingerprint density at radius 1 is 1.25 bits per heavy atom. The lowest BCUT2D eigenvalue weighted by atomic mass is 10.0. The minimum Gasteiger partial charge on any atom is -0.468 e. The number of halogens is 1. The molecule has 0 aliphatic heterocycles. The molecule has 1 unspecified atom stereocenters. The molecule has 0 aromatic heterocycles. The fraction of sp³-hybridized carbons (Fsp3) is 0.429. The molecule has 110 valence electrons. The van der Waals surface area contributed by atoms with Gasteiger partial charge in [-0.1, -0.05) is 25.4 Å². The Balaban J connectivity index is 2.49. The first-order valence-corrected chi connectivity index (χ1v) is 6.68. The van der Waals surface area contributed by atoms with Gasteiger partial charge in [0, 0.05) is 10.7 Å². The van der Waals surface area contributed by atoms with Gasteiger partial charge < -0.3 is 10.1 Å². The number of carbonyl (C=O) groups is 2. The fourth-order valence-corrected chi connectivity index (χ4v) is 1.79. The van der Waals surface area contributed by atoms with E-state index < -0.39 is 6.04 Å². The second-order valence-corrected chi connectivity index (χ2v) is 5.12. The molecule has 0 bridgehead atoms. The van der Waals surface area contributed by atoms with Gasteiger partial charge in [-0.15, -0.1) is 0 Å². The molecule has 0 saturated carbocycles. The van der Waals surface area contributed by atoms with Gasteiger partial charge in [0.2, 0.25) is 5.91 Å². The molecule has 6 heteroatoms. The molecule has 0 spiro atoms. The van der Waals surface area contributed by atoms with Crippen LogP contribution in [0.2, 0.25) is 5.02 Å². The number of carbonyl (C=O) groups excluding carboxylic acids is 2. The number of anilines is 1. The minimum atomic E-state index is -0.504. The van der Waals surface area contributed by atoms with Crippen LogP contribution in [0.25, 0.3) is 0 Å². The smallest absolute Gasteiger partial charge is 0.323 e. The summed E-state index contributed by atoms with van der Waals surface area (Å²) in [6.07, 6.45) is 0. The quantitative estimate of drug-likeness (QED) is 0.789. The third-order valence-corrected chi connectivity index (χ3v) is 2.98. The third kappa shape index (κ3) is 5.19. The second-order valence-electron chi connectivity index (χ2n) is 4.68. The largest absolute Gasteiger partial charge is 0.468 e. The van der Waals surface area contributed by atoms with Gasteiger partial charge in [-0.3, -0.25) is 14.9 Å². The summed E-state index contributed by atoms with van der Waals surface area (Å²) in [5.41, 5.74) is 0.653. The number of hydrogen-bond acceptors (Lipinski definition) is 4. The molecule has 0 fully saturated rings. The van der Waals surface area contributed by atoms with Gasteiger partial charge in [0.15, 0.2) is 0 Å². The molecule has 0 radical (unpaired) electrons. The van der Waals surface area contributed by atoms with E-state index in [1.807, 2.05) is 13.8 Å². The van der Waals surface area contributed by atoms with Crippen LogP contribution in [0, 0.1) is 5.92 Å². The lowest BCUT2D eigenvalue weighted by molar-refractivity contribution is -0.144. The molecule has 1 rings (SSSR count). The van der Waals surface area contributed by atoms with Crippen LogP contribution < -0.4 is 10.6 Å².